The zero-order valence-corrected chi connectivity index (χ0v) is 11.2. The minimum atomic E-state index is -4.57. The van der Waals surface area contributed by atoms with E-state index < -0.39 is 44.0 Å². The van der Waals surface area contributed by atoms with E-state index in [9.17, 15) is 22.8 Å². The Morgan fingerprint density at radius 3 is 2.57 bits per heavy atom. The van der Waals surface area contributed by atoms with Gasteiger partial charge in [0, 0.05) is 19.6 Å². The van der Waals surface area contributed by atoms with Crippen LogP contribution in [0, 0.1) is 0 Å². The van der Waals surface area contributed by atoms with Gasteiger partial charge in [0.15, 0.2) is 0 Å². The van der Waals surface area contributed by atoms with Gasteiger partial charge in [0.1, 0.15) is 6.54 Å². The Morgan fingerprint density at radius 2 is 2.05 bits per heavy atom. The summed E-state index contributed by atoms with van der Waals surface area (Å²) >= 11 is 0. The van der Waals surface area contributed by atoms with Crippen molar-refractivity contribution in [3.63, 3.8) is 0 Å². The van der Waals surface area contributed by atoms with E-state index in [-0.39, 0.29) is 26.1 Å². The van der Waals surface area contributed by atoms with Gasteiger partial charge in [-0.15, -0.1) is 0 Å². The highest BCUT2D eigenvalue weighted by Crippen LogP contribution is 2.18. The second-order valence-corrected chi connectivity index (χ2v) is 4.58. The Hall–Kier alpha value is -1.55. The maximum atomic E-state index is 12.4. The minimum absolute atomic E-state index is 0.0582. The molecule has 0 spiro atoms. The molecular formula is C11H17F3N2O5. The number of ether oxygens (including phenoxy) is 1. The maximum absolute atomic E-state index is 12.4. The second kappa shape index (κ2) is 7.46. The molecular weight excluding hydrogens is 297 g/mol. The van der Waals surface area contributed by atoms with E-state index in [0.29, 0.717) is 4.90 Å². The van der Waals surface area contributed by atoms with Crippen LogP contribution in [0.1, 0.15) is 6.42 Å². The first kappa shape index (κ1) is 17.5. The van der Waals surface area contributed by atoms with Crippen molar-refractivity contribution < 1.29 is 37.7 Å². The number of carbonyl (C=O) groups is 2. The van der Waals surface area contributed by atoms with Gasteiger partial charge < -0.3 is 24.7 Å². The van der Waals surface area contributed by atoms with E-state index in [1.165, 1.54) is 0 Å². The normalized spacial score (nSPS) is 19.4. The summed E-state index contributed by atoms with van der Waals surface area (Å²) in [6, 6.07) is -0.889. The molecule has 2 N–H and O–H groups in total. The van der Waals surface area contributed by atoms with E-state index >= 15 is 0 Å². The van der Waals surface area contributed by atoms with Crippen molar-refractivity contribution >= 4 is 12.0 Å². The lowest BCUT2D eigenvalue weighted by Crippen LogP contribution is -2.53. The summed E-state index contributed by atoms with van der Waals surface area (Å²) < 4.78 is 42.4. The monoisotopic (exact) mass is 314 g/mol. The van der Waals surface area contributed by atoms with E-state index in [1.807, 2.05) is 0 Å². The van der Waals surface area contributed by atoms with Gasteiger partial charge in [-0.1, -0.05) is 0 Å². The number of hydrogen-bond acceptors (Lipinski definition) is 4. The molecule has 0 aromatic carbocycles. The zero-order chi connectivity index (χ0) is 16.0. The number of alkyl halides is 3. The first-order valence-electron chi connectivity index (χ1n) is 6.28. The summed E-state index contributed by atoms with van der Waals surface area (Å²) in [7, 11) is 0. The largest absolute Gasteiger partial charge is 0.481 e. The zero-order valence-electron chi connectivity index (χ0n) is 11.2. The quantitative estimate of drug-likeness (QED) is 0.753. The van der Waals surface area contributed by atoms with Crippen LogP contribution in [-0.2, 0) is 9.53 Å². The van der Waals surface area contributed by atoms with E-state index in [4.69, 9.17) is 14.9 Å². The molecule has 1 aliphatic rings. The summed E-state index contributed by atoms with van der Waals surface area (Å²) in [5.41, 5.74) is 0. The predicted octanol–water partition coefficient (Wildman–Crippen LogP) is 0.138. The summed E-state index contributed by atoms with van der Waals surface area (Å²) in [5, 5.41) is 17.4. The number of carboxylic acid groups (broad SMARTS) is 1. The Labute approximate surface area is 118 Å². The molecule has 7 nitrogen and oxygen atoms in total. The van der Waals surface area contributed by atoms with Crippen molar-refractivity contribution in [2.24, 2.45) is 0 Å². The number of aliphatic hydroxyl groups is 1. The first-order chi connectivity index (χ1) is 9.73. The van der Waals surface area contributed by atoms with Gasteiger partial charge in [0.25, 0.3) is 0 Å². The molecule has 0 bridgehead atoms. The molecule has 10 heteroatoms. The fraction of sp³-hybridized carbons (Fsp3) is 0.818. The lowest BCUT2D eigenvalue weighted by atomic mass is 10.2. The maximum Gasteiger partial charge on any atom is 0.406 e. The number of carbonyl (C=O) groups excluding carboxylic acids is 1. The van der Waals surface area contributed by atoms with Crippen molar-refractivity contribution in [2.75, 3.05) is 39.4 Å². The molecule has 1 heterocycles. The second-order valence-electron chi connectivity index (χ2n) is 4.58. The number of halogens is 3. The van der Waals surface area contributed by atoms with Gasteiger partial charge in [-0.2, -0.15) is 13.2 Å². The van der Waals surface area contributed by atoms with E-state index in [2.05, 4.69) is 0 Å². The smallest absolute Gasteiger partial charge is 0.406 e. The Morgan fingerprint density at radius 1 is 1.38 bits per heavy atom. The van der Waals surface area contributed by atoms with Crippen LogP contribution in [0.2, 0.25) is 0 Å². The van der Waals surface area contributed by atoms with Crippen LogP contribution >= 0.6 is 0 Å². The molecule has 122 valence electrons. The Balaban J connectivity index is 2.66. The van der Waals surface area contributed by atoms with Gasteiger partial charge in [0.2, 0.25) is 0 Å². The highest BCUT2D eigenvalue weighted by Gasteiger charge is 2.36. The number of nitrogens with zero attached hydrogens (tertiary/aromatic N) is 2. The average molecular weight is 314 g/mol. The van der Waals surface area contributed by atoms with Crippen molar-refractivity contribution in [1.82, 2.24) is 9.80 Å². The molecule has 0 radical (unpaired) electrons. The standard InChI is InChI=1S/C11H17F3N2O5/c12-11(13,14)7-16(1-3-17)10(20)15-2-4-21-8(6-15)5-9(18)19/h8,17H,1-7H2,(H,18,19). The molecule has 1 aliphatic heterocycles. The van der Waals surface area contributed by atoms with E-state index in [1.54, 1.807) is 0 Å². The lowest BCUT2D eigenvalue weighted by Gasteiger charge is -2.36. The first-order valence-corrected chi connectivity index (χ1v) is 6.28. The van der Waals surface area contributed by atoms with Crippen LogP contribution in [-0.4, -0.2) is 83.7 Å². The van der Waals surface area contributed by atoms with Gasteiger partial charge >= 0.3 is 18.2 Å². The molecule has 0 saturated carbocycles. The number of amides is 2. The lowest BCUT2D eigenvalue weighted by molar-refractivity contribution is -0.143. The van der Waals surface area contributed by atoms with Gasteiger partial charge in [0.05, 0.1) is 25.7 Å². The summed E-state index contributed by atoms with van der Waals surface area (Å²) in [6.45, 7) is -2.46. The Bertz CT molecular complexity index is 377. The number of morpholine rings is 1. The SMILES string of the molecule is O=C(O)CC1CN(C(=O)N(CCO)CC(F)(F)F)CCO1. The third kappa shape index (κ3) is 6.17. The molecule has 1 rings (SSSR count). The van der Waals surface area contributed by atoms with Crippen molar-refractivity contribution in [3.05, 3.63) is 0 Å². The molecule has 2 amide bonds. The third-order valence-electron chi connectivity index (χ3n) is 2.82. The molecule has 1 saturated heterocycles. The fourth-order valence-corrected chi connectivity index (χ4v) is 1.99. The predicted molar refractivity (Wildman–Crippen MR) is 63.7 cm³/mol. The number of aliphatic carboxylic acids is 1. The molecule has 1 atom stereocenters. The summed E-state index contributed by atoms with van der Waals surface area (Å²) in [6.07, 6.45) is -5.65. The number of urea groups is 1. The molecule has 0 aromatic heterocycles. The van der Waals surface area contributed by atoms with Crippen LogP contribution in [0.4, 0.5) is 18.0 Å². The van der Waals surface area contributed by atoms with Crippen LogP contribution in [0.3, 0.4) is 0 Å². The Kier molecular flexibility index (Phi) is 6.21. The van der Waals surface area contributed by atoms with Crippen molar-refractivity contribution in [2.45, 2.75) is 18.7 Å². The average Bonchev–Trinajstić information content (AvgIpc) is 2.35. The number of rotatable bonds is 5. The van der Waals surface area contributed by atoms with Gasteiger partial charge in [-0.3, -0.25) is 4.79 Å². The molecule has 0 aliphatic carbocycles. The number of hydrogen-bond donors (Lipinski definition) is 2. The molecule has 1 fully saturated rings. The molecule has 1 unspecified atom stereocenters. The topological polar surface area (TPSA) is 90.3 Å². The minimum Gasteiger partial charge on any atom is -0.481 e. The molecule has 0 aromatic rings. The molecule has 21 heavy (non-hydrogen) atoms. The highest BCUT2D eigenvalue weighted by molar-refractivity contribution is 5.75. The van der Waals surface area contributed by atoms with Crippen LogP contribution in [0.5, 0.6) is 0 Å². The van der Waals surface area contributed by atoms with Crippen molar-refractivity contribution in [3.8, 4) is 0 Å². The fourth-order valence-electron chi connectivity index (χ4n) is 1.99. The number of aliphatic hydroxyl groups excluding tert-OH is 1. The third-order valence-corrected chi connectivity index (χ3v) is 2.82. The van der Waals surface area contributed by atoms with Gasteiger partial charge in [-0.25, -0.2) is 4.79 Å². The number of carboxylic acids is 1. The summed E-state index contributed by atoms with van der Waals surface area (Å²) in [5.74, 6) is -1.11. The highest BCUT2D eigenvalue weighted by atomic mass is 19.4. The van der Waals surface area contributed by atoms with Crippen LogP contribution < -0.4 is 0 Å². The van der Waals surface area contributed by atoms with Crippen LogP contribution in [0.25, 0.3) is 0 Å². The van der Waals surface area contributed by atoms with Crippen LogP contribution in [0.15, 0.2) is 0 Å². The van der Waals surface area contributed by atoms with Gasteiger partial charge in [-0.05, 0) is 0 Å². The van der Waals surface area contributed by atoms with E-state index in [0.717, 1.165) is 4.90 Å². The van der Waals surface area contributed by atoms with Crippen molar-refractivity contribution in [1.29, 1.82) is 0 Å². The summed E-state index contributed by atoms with van der Waals surface area (Å²) in [4.78, 5) is 24.2.